The van der Waals surface area contributed by atoms with Crippen molar-refractivity contribution in [1.29, 1.82) is 0 Å². The first-order valence-electron chi connectivity index (χ1n) is 4.48. The smallest absolute Gasteiger partial charge is 0.271 e. The molecule has 84 valence electrons. The Morgan fingerprint density at radius 3 is 2.25 bits per heavy atom. The van der Waals surface area contributed by atoms with Gasteiger partial charge in [-0.25, -0.2) is 5.14 Å². The van der Waals surface area contributed by atoms with Crippen LogP contribution in [0.3, 0.4) is 0 Å². The largest absolute Gasteiger partial charge is 0.296 e. The normalized spacial score (nSPS) is 11.3. The first-order chi connectivity index (χ1) is 7.54. The van der Waals surface area contributed by atoms with Crippen molar-refractivity contribution < 1.29 is 8.42 Å². The SMILES string of the molecule is NS(=O)(=O)Nc1ccc(-c2ccsc2)cc1. The molecule has 0 atom stereocenters. The maximum atomic E-state index is 10.8. The molecule has 1 aromatic heterocycles. The van der Waals surface area contributed by atoms with E-state index in [9.17, 15) is 8.42 Å². The molecular weight excluding hydrogens is 244 g/mol. The van der Waals surface area contributed by atoms with Crippen LogP contribution in [0.2, 0.25) is 0 Å². The van der Waals surface area contributed by atoms with Crippen molar-refractivity contribution in [3.05, 3.63) is 41.1 Å². The second kappa shape index (κ2) is 4.25. The molecule has 0 saturated heterocycles. The quantitative estimate of drug-likeness (QED) is 0.879. The Kier molecular flexibility index (Phi) is 2.95. The molecule has 0 aliphatic heterocycles. The lowest BCUT2D eigenvalue weighted by atomic mass is 10.1. The van der Waals surface area contributed by atoms with Gasteiger partial charge in [0.05, 0.1) is 0 Å². The van der Waals surface area contributed by atoms with Crippen LogP contribution in [-0.2, 0) is 10.2 Å². The van der Waals surface area contributed by atoms with E-state index in [1.807, 2.05) is 29.0 Å². The zero-order valence-electron chi connectivity index (χ0n) is 8.25. The van der Waals surface area contributed by atoms with E-state index in [0.29, 0.717) is 5.69 Å². The number of hydrogen-bond donors (Lipinski definition) is 2. The standard InChI is InChI=1S/C10H10N2O2S2/c11-16(13,14)12-10-3-1-8(2-4-10)9-5-6-15-7-9/h1-7,12H,(H2,11,13,14). The van der Waals surface area contributed by atoms with Crippen LogP contribution in [0, 0.1) is 0 Å². The first-order valence-corrected chi connectivity index (χ1v) is 6.97. The second-order valence-corrected chi connectivity index (χ2v) is 5.31. The third kappa shape index (κ3) is 2.82. The molecule has 0 aliphatic rings. The highest BCUT2D eigenvalue weighted by Gasteiger charge is 2.02. The second-order valence-electron chi connectivity index (χ2n) is 3.24. The topological polar surface area (TPSA) is 72.2 Å². The lowest BCUT2D eigenvalue weighted by Crippen LogP contribution is -2.21. The van der Waals surface area contributed by atoms with Crippen LogP contribution in [0.1, 0.15) is 0 Å². The molecular formula is C10H10N2O2S2. The summed E-state index contributed by atoms with van der Waals surface area (Å²) in [5.41, 5.74) is 2.62. The van der Waals surface area contributed by atoms with Crippen LogP contribution in [0.4, 0.5) is 5.69 Å². The summed E-state index contributed by atoms with van der Waals surface area (Å²) in [6.45, 7) is 0. The van der Waals surface area contributed by atoms with Gasteiger partial charge in [-0.1, -0.05) is 12.1 Å². The summed E-state index contributed by atoms with van der Waals surface area (Å²) < 4.78 is 23.8. The lowest BCUT2D eigenvalue weighted by Gasteiger charge is -2.04. The van der Waals surface area contributed by atoms with E-state index in [-0.39, 0.29) is 0 Å². The molecule has 0 unspecified atom stereocenters. The van der Waals surface area contributed by atoms with E-state index in [1.54, 1.807) is 23.5 Å². The molecule has 1 aromatic carbocycles. The van der Waals surface area contributed by atoms with Crippen molar-refractivity contribution in [2.24, 2.45) is 5.14 Å². The number of anilines is 1. The average molecular weight is 254 g/mol. The summed E-state index contributed by atoms with van der Waals surface area (Å²) in [4.78, 5) is 0. The molecule has 0 spiro atoms. The molecule has 6 heteroatoms. The van der Waals surface area contributed by atoms with Crippen molar-refractivity contribution in [1.82, 2.24) is 0 Å². The van der Waals surface area contributed by atoms with Crippen LogP contribution < -0.4 is 9.86 Å². The van der Waals surface area contributed by atoms with Crippen molar-refractivity contribution in [2.45, 2.75) is 0 Å². The lowest BCUT2D eigenvalue weighted by molar-refractivity contribution is 0.603. The molecule has 2 rings (SSSR count). The maximum absolute atomic E-state index is 10.8. The number of thiophene rings is 1. The third-order valence-electron chi connectivity index (χ3n) is 2.00. The number of rotatable bonds is 3. The number of nitrogens with two attached hydrogens (primary N) is 1. The Bertz CT molecular complexity index is 559. The highest BCUT2D eigenvalue weighted by molar-refractivity contribution is 7.90. The molecule has 2 aromatic rings. The molecule has 0 saturated carbocycles. The predicted molar refractivity (Wildman–Crippen MR) is 66.5 cm³/mol. The van der Waals surface area contributed by atoms with Crippen LogP contribution in [0.5, 0.6) is 0 Å². The molecule has 1 heterocycles. The molecule has 0 aliphatic carbocycles. The van der Waals surface area contributed by atoms with Crippen molar-refractivity contribution in [2.75, 3.05) is 4.72 Å². The van der Waals surface area contributed by atoms with E-state index < -0.39 is 10.2 Å². The fraction of sp³-hybridized carbons (Fsp3) is 0. The van der Waals surface area contributed by atoms with Crippen LogP contribution in [0.25, 0.3) is 11.1 Å². The van der Waals surface area contributed by atoms with Gasteiger partial charge in [0.2, 0.25) is 0 Å². The van der Waals surface area contributed by atoms with E-state index in [4.69, 9.17) is 5.14 Å². The van der Waals surface area contributed by atoms with Gasteiger partial charge >= 0.3 is 0 Å². The number of nitrogens with one attached hydrogen (secondary N) is 1. The Morgan fingerprint density at radius 1 is 1.06 bits per heavy atom. The number of benzene rings is 1. The van der Waals surface area contributed by atoms with Crippen LogP contribution in [0.15, 0.2) is 41.1 Å². The summed E-state index contributed by atoms with van der Waals surface area (Å²) >= 11 is 1.62. The predicted octanol–water partition coefficient (Wildman–Crippen LogP) is 2.03. The molecule has 0 radical (unpaired) electrons. The van der Waals surface area contributed by atoms with Crippen molar-refractivity contribution in [3.8, 4) is 11.1 Å². The van der Waals surface area contributed by atoms with Crippen LogP contribution >= 0.6 is 11.3 Å². The Morgan fingerprint density at radius 2 is 1.75 bits per heavy atom. The Labute approximate surface area is 97.9 Å². The summed E-state index contributed by atoms with van der Waals surface area (Å²) in [6, 6.07) is 9.05. The zero-order chi connectivity index (χ0) is 11.6. The third-order valence-corrected chi connectivity index (χ3v) is 3.20. The van der Waals surface area contributed by atoms with Gasteiger partial charge in [-0.15, -0.1) is 0 Å². The minimum atomic E-state index is -3.69. The summed E-state index contributed by atoms with van der Waals surface area (Å²) in [6.07, 6.45) is 0. The Hall–Kier alpha value is -1.37. The molecule has 0 amide bonds. The van der Waals surface area contributed by atoms with Gasteiger partial charge in [0.15, 0.2) is 0 Å². The van der Waals surface area contributed by atoms with E-state index in [1.165, 1.54) is 0 Å². The van der Waals surface area contributed by atoms with Crippen molar-refractivity contribution >= 4 is 27.2 Å². The summed E-state index contributed by atoms with van der Waals surface area (Å²) in [5.74, 6) is 0. The monoisotopic (exact) mass is 254 g/mol. The molecule has 4 nitrogen and oxygen atoms in total. The highest BCUT2D eigenvalue weighted by atomic mass is 32.2. The minimum absolute atomic E-state index is 0.460. The van der Waals surface area contributed by atoms with Gasteiger partial charge < -0.3 is 0 Å². The van der Waals surface area contributed by atoms with Crippen molar-refractivity contribution in [3.63, 3.8) is 0 Å². The minimum Gasteiger partial charge on any atom is -0.271 e. The molecule has 16 heavy (non-hydrogen) atoms. The molecule has 3 N–H and O–H groups in total. The van der Waals surface area contributed by atoms with Gasteiger partial charge in [0, 0.05) is 5.69 Å². The van der Waals surface area contributed by atoms with Gasteiger partial charge in [0.1, 0.15) is 0 Å². The first kappa shape index (κ1) is 11.1. The van der Waals surface area contributed by atoms with Crippen LogP contribution in [-0.4, -0.2) is 8.42 Å². The fourth-order valence-corrected chi connectivity index (χ4v) is 2.45. The maximum Gasteiger partial charge on any atom is 0.296 e. The fourth-order valence-electron chi connectivity index (χ4n) is 1.32. The molecule has 0 fully saturated rings. The summed E-state index contributed by atoms with van der Waals surface area (Å²) in [5, 5.41) is 8.88. The summed E-state index contributed by atoms with van der Waals surface area (Å²) in [7, 11) is -3.69. The number of hydrogen-bond acceptors (Lipinski definition) is 3. The van der Waals surface area contributed by atoms with E-state index in [2.05, 4.69) is 4.72 Å². The zero-order valence-corrected chi connectivity index (χ0v) is 9.88. The van der Waals surface area contributed by atoms with Gasteiger partial charge in [-0.3, -0.25) is 4.72 Å². The van der Waals surface area contributed by atoms with Gasteiger partial charge in [0.25, 0.3) is 10.2 Å². The van der Waals surface area contributed by atoms with Gasteiger partial charge in [-0.2, -0.15) is 19.8 Å². The van der Waals surface area contributed by atoms with E-state index >= 15 is 0 Å². The van der Waals surface area contributed by atoms with Gasteiger partial charge in [-0.05, 0) is 40.1 Å². The average Bonchev–Trinajstić information content (AvgIpc) is 2.69. The van der Waals surface area contributed by atoms with E-state index in [0.717, 1.165) is 11.1 Å². The molecule has 0 bridgehead atoms. The highest BCUT2D eigenvalue weighted by Crippen LogP contribution is 2.23. The Balaban J connectivity index is 2.24.